The first-order chi connectivity index (χ1) is 11.9. The van der Waals surface area contributed by atoms with Gasteiger partial charge in [-0.2, -0.15) is 9.78 Å². The number of para-hydroxylation sites is 1. The molecule has 0 saturated heterocycles. The number of nitrogens with one attached hydrogen (secondary N) is 1. The third-order valence-electron chi connectivity index (χ3n) is 3.76. The summed E-state index contributed by atoms with van der Waals surface area (Å²) in [4.78, 5) is 3.26. The van der Waals surface area contributed by atoms with Crippen LogP contribution in [0.15, 0.2) is 71.1 Å². The molecular weight excluding hydrogens is 318 g/mol. The average molecular weight is 333 g/mol. The van der Waals surface area contributed by atoms with Crippen LogP contribution in [-0.2, 0) is 0 Å². The monoisotopic (exact) mass is 333 g/mol. The van der Waals surface area contributed by atoms with Crippen molar-refractivity contribution in [2.45, 2.75) is 5.16 Å². The van der Waals surface area contributed by atoms with Crippen LogP contribution in [0.3, 0.4) is 0 Å². The highest BCUT2D eigenvalue weighted by Gasteiger charge is 2.12. The minimum Gasteiger partial charge on any atom is -0.361 e. The van der Waals surface area contributed by atoms with Gasteiger partial charge in [0.1, 0.15) is 0 Å². The number of aromatic nitrogens is 4. The lowest BCUT2D eigenvalue weighted by Gasteiger charge is -2.02. The lowest BCUT2D eigenvalue weighted by Crippen LogP contribution is -1.96. The van der Waals surface area contributed by atoms with E-state index in [1.807, 2.05) is 67.2 Å². The SMILES string of the molecule is CSc1nnc(-c2ccccc2)n1N=Cc1c[nH]c2ccccc12. The molecule has 1 N–H and O–H groups in total. The van der Waals surface area contributed by atoms with Gasteiger partial charge in [0.25, 0.3) is 0 Å². The smallest absolute Gasteiger partial charge is 0.212 e. The van der Waals surface area contributed by atoms with Crippen LogP contribution >= 0.6 is 11.8 Å². The minimum absolute atomic E-state index is 0.732. The number of hydrogen-bond donors (Lipinski definition) is 1. The van der Waals surface area contributed by atoms with E-state index in [0.717, 1.165) is 33.0 Å². The first kappa shape index (κ1) is 14.7. The summed E-state index contributed by atoms with van der Waals surface area (Å²) in [7, 11) is 0. The number of thioether (sulfide) groups is 1. The van der Waals surface area contributed by atoms with E-state index in [1.165, 1.54) is 11.8 Å². The van der Waals surface area contributed by atoms with Gasteiger partial charge in [0.15, 0.2) is 5.82 Å². The number of benzene rings is 2. The molecule has 0 aliphatic rings. The molecule has 0 atom stereocenters. The standard InChI is InChI=1S/C18H15N5S/c1-24-18-22-21-17(13-7-3-2-4-8-13)23(18)20-12-14-11-19-16-10-6-5-9-15(14)16/h2-12,19H,1H3. The van der Waals surface area contributed by atoms with Gasteiger partial charge >= 0.3 is 0 Å². The number of nitrogens with zero attached hydrogens (tertiary/aromatic N) is 4. The Balaban J connectivity index is 1.78. The Kier molecular flexibility index (Phi) is 3.88. The van der Waals surface area contributed by atoms with Gasteiger partial charge in [-0.1, -0.05) is 60.3 Å². The Bertz CT molecular complexity index is 1000. The maximum atomic E-state index is 4.63. The van der Waals surface area contributed by atoms with Crippen LogP contribution in [-0.4, -0.2) is 32.3 Å². The molecule has 2 aromatic heterocycles. The Morgan fingerprint density at radius 1 is 1.04 bits per heavy atom. The van der Waals surface area contributed by atoms with Crippen LogP contribution in [0.5, 0.6) is 0 Å². The topological polar surface area (TPSA) is 58.9 Å². The molecule has 6 heteroatoms. The third kappa shape index (κ3) is 2.61. The molecule has 0 saturated carbocycles. The van der Waals surface area contributed by atoms with Crippen molar-refractivity contribution in [2.75, 3.05) is 6.26 Å². The normalized spacial score (nSPS) is 11.5. The van der Waals surface area contributed by atoms with Crippen molar-refractivity contribution in [3.8, 4) is 11.4 Å². The van der Waals surface area contributed by atoms with E-state index in [0.29, 0.717) is 0 Å². The van der Waals surface area contributed by atoms with Crippen LogP contribution in [0, 0.1) is 0 Å². The molecule has 0 aliphatic carbocycles. The molecule has 5 nitrogen and oxygen atoms in total. The molecule has 0 bridgehead atoms. The first-order valence-electron chi connectivity index (χ1n) is 7.52. The van der Waals surface area contributed by atoms with Gasteiger partial charge in [-0.15, -0.1) is 10.2 Å². The van der Waals surface area contributed by atoms with Gasteiger partial charge < -0.3 is 4.98 Å². The van der Waals surface area contributed by atoms with Crippen molar-refractivity contribution in [3.63, 3.8) is 0 Å². The van der Waals surface area contributed by atoms with E-state index in [2.05, 4.69) is 26.3 Å². The molecule has 0 amide bonds. The average Bonchev–Trinajstić information content (AvgIpc) is 3.24. The van der Waals surface area contributed by atoms with Gasteiger partial charge in [0.05, 0.1) is 6.21 Å². The van der Waals surface area contributed by atoms with E-state index in [1.54, 1.807) is 4.68 Å². The zero-order valence-electron chi connectivity index (χ0n) is 13.0. The fraction of sp³-hybridized carbons (Fsp3) is 0.0556. The molecule has 2 aromatic carbocycles. The van der Waals surface area contributed by atoms with E-state index in [-0.39, 0.29) is 0 Å². The number of H-pyrrole nitrogens is 1. The number of rotatable bonds is 4. The summed E-state index contributed by atoms with van der Waals surface area (Å²) >= 11 is 1.52. The van der Waals surface area contributed by atoms with Gasteiger partial charge in [-0.3, -0.25) is 0 Å². The van der Waals surface area contributed by atoms with Crippen molar-refractivity contribution in [2.24, 2.45) is 5.10 Å². The number of fused-ring (bicyclic) bond motifs is 1. The molecule has 0 aliphatic heterocycles. The Hall–Kier alpha value is -2.86. The van der Waals surface area contributed by atoms with Crippen molar-refractivity contribution >= 4 is 28.9 Å². The number of aromatic amines is 1. The van der Waals surface area contributed by atoms with Gasteiger partial charge in [-0.05, 0) is 12.3 Å². The Morgan fingerprint density at radius 3 is 2.67 bits per heavy atom. The van der Waals surface area contributed by atoms with Crippen molar-refractivity contribution in [1.29, 1.82) is 0 Å². The lowest BCUT2D eigenvalue weighted by atomic mass is 10.2. The molecular formula is C18H15N5S. The van der Waals surface area contributed by atoms with E-state index < -0.39 is 0 Å². The lowest BCUT2D eigenvalue weighted by molar-refractivity contribution is 0.774. The summed E-state index contributed by atoms with van der Waals surface area (Å²) in [6.07, 6.45) is 5.77. The largest absolute Gasteiger partial charge is 0.361 e. The zero-order valence-corrected chi connectivity index (χ0v) is 13.9. The van der Waals surface area contributed by atoms with Crippen LogP contribution in [0.2, 0.25) is 0 Å². The molecule has 0 radical (unpaired) electrons. The van der Waals surface area contributed by atoms with Crippen LogP contribution in [0.4, 0.5) is 0 Å². The molecule has 0 spiro atoms. The fourth-order valence-corrected chi connectivity index (χ4v) is 3.01. The summed E-state index contributed by atoms with van der Waals surface area (Å²) < 4.78 is 1.78. The molecule has 24 heavy (non-hydrogen) atoms. The summed E-state index contributed by atoms with van der Waals surface area (Å²) in [6.45, 7) is 0. The highest BCUT2D eigenvalue weighted by molar-refractivity contribution is 7.98. The molecule has 0 unspecified atom stereocenters. The van der Waals surface area contributed by atoms with Crippen molar-refractivity contribution < 1.29 is 0 Å². The second-order valence-corrected chi connectivity index (χ2v) is 6.00. The summed E-state index contributed by atoms with van der Waals surface area (Å²) in [6, 6.07) is 18.1. The fourth-order valence-electron chi connectivity index (χ4n) is 2.58. The molecule has 0 fully saturated rings. The Labute approximate surface area is 143 Å². The predicted octanol–water partition coefficient (Wildman–Crippen LogP) is 4.03. The first-order valence-corrected chi connectivity index (χ1v) is 8.74. The van der Waals surface area contributed by atoms with Crippen LogP contribution in [0.1, 0.15) is 5.56 Å². The molecule has 4 aromatic rings. The summed E-state index contributed by atoms with van der Waals surface area (Å²) in [5.74, 6) is 0.732. The van der Waals surface area contributed by atoms with Crippen molar-refractivity contribution in [3.05, 3.63) is 66.4 Å². The maximum Gasteiger partial charge on any atom is 0.212 e. The van der Waals surface area contributed by atoms with E-state index in [4.69, 9.17) is 0 Å². The molecule has 2 heterocycles. The second-order valence-electron chi connectivity index (χ2n) is 5.22. The second kappa shape index (κ2) is 6.33. The highest BCUT2D eigenvalue weighted by Crippen LogP contribution is 2.23. The highest BCUT2D eigenvalue weighted by atomic mass is 32.2. The van der Waals surface area contributed by atoms with Gasteiger partial charge in [-0.25, -0.2) is 0 Å². The minimum atomic E-state index is 0.732. The Morgan fingerprint density at radius 2 is 1.83 bits per heavy atom. The van der Waals surface area contributed by atoms with E-state index in [9.17, 15) is 0 Å². The van der Waals surface area contributed by atoms with Crippen LogP contribution < -0.4 is 0 Å². The molecule has 4 rings (SSSR count). The van der Waals surface area contributed by atoms with Gasteiger partial charge in [0, 0.05) is 28.2 Å². The number of hydrogen-bond acceptors (Lipinski definition) is 4. The van der Waals surface area contributed by atoms with Gasteiger partial charge in [0.2, 0.25) is 5.16 Å². The maximum absolute atomic E-state index is 4.63. The summed E-state index contributed by atoms with van der Waals surface area (Å²) in [5, 5.41) is 15.0. The van der Waals surface area contributed by atoms with Crippen molar-refractivity contribution in [1.82, 2.24) is 19.9 Å². The zero-order chi connectivity index (χ0) is 16.4. The van der Waals surface area contributed by atoms with Crippen LogP contribution in [0.25, 0.3) is 22.3 Å². The van der Waals surface area contributed by atoms with E-state index >= 15 is 0 Å². The predicted molar refractivity (Wildman–Crippen MR) is 98.5 cm³/mol. The summed E-state index contributed by atoms with van der Waals surface area (Å²) in [5.41, 5.74) is 3.11. The quantitative estimate of drug-likeness (QED) is 0.453. The third-order valence-corrected chi connectivity index (χ3v) is 4.38. The molecule has 118 valence electrons.